The molecule has 3 fully saturated rings. The first-order chi connectivity index (χ1) is 22.2. The lowest BCUT2D eigenvalue weighted by Crippen LogP contribution is -2.54. The van der Waals surface area contributed by atoms with Crippen molar-refractivity contribution < 1.29 is 23.6 Å². The fraction of sp³-hybridized carbons (Fsp3) is 0.412. The quantitative estimate of drug-likeness (QED) is 0.265. The van der Waals surface area contributed by atoms with Crippen molar-refractivity contribution in [3.8, 4) is 11.3 Å². The number of hydrogen-bond donors (Lipinski definition) is 2. The predicted molar refractivity (Wildman–Crippen MR) is 167 cm³/mol. The lowest BCUT2D eigenvalue weighted by Gasteiger charge is -2.35. The minimum absolute atomic E-state index is 0.0835. The van der Waals surface area contributed by atoms with Gasteiger partial charge in [-0.15, -0.1) is 0 Å². The Bertz CT molecular complexity index is 1950. The average Bonchev–Trinajstić information content (AvgIpc) is 3.50. The van der Waals surface area contributed by atoms with Gasteiger partial charge in [-0.05, 0) is 76.1 Å². The summed E-state index contributed by atoms with van der Waals surface area (Å²) in [6, 6.07) is 6.41. The first-order valence-corrected chi connectivity index (χ1v) is 16.0. The van der Waals surface area contributed by atoms with Gasteiger partial charge in [0.25, 0.3) is 11.8 Å². The molecule has 1 unspecified atom stereocenters. The van der Waals surface area contributed by atoms with Crippen LogP contribution in [0.15, 0.2) is 42.9 Å². The summed E-state index contributed by atoms with van der Waals surface area (Å²) in [7, 11) is 0. The number of anilines is 1. The zero-order valence-corrected chi connectivity index (χ0v) is 25.6. The van der Waals surface area contributed by atoms with Crippen LogP contribution in [-0.4, -0.2) is 60.4 Å². The van der Waals surface area contributed by atoms with Crippen molar-refractivity contribution in [2.45, 2.75) is 76.4 Å². The largest absolute Gasteiger partial charge is 0.385 e. The number of carbonyl (C=O) groups excluding carboxylic acids is 4. The number of fused-ring (bicyclic) bond motifs is 2. The van der Waals surface area contributed by atoms with E-state index in [0.29, 0.717) is 23.9 Å². The summed E-state index contributed by atoms with van der Waals surface area (Å²) in [5, 5.41) is 11.5. The first kappa shape index (κ1) is 28.6. The van der Waals surface area contributed by atoms with E-state index in [2.05, 4.69) is 26.5 Å². The lowest BCUT2D eigenvalue weighted by molar-refractivity contribution is -0.136. The third-order valence-corrected chi connectivity index (χ3v) is 9.86. The Morgan fingerprint density at radius 1 is 1.02 bits per heavy atom. The van der Waals surface area contributed by atoms with Gasteiger partial charge in [0.2, 0.25) is 11.8 Å². The number of hydrogen-bond acceptors (Lipinski definition) is 7. The van der Waals surface area contributed by atoms with Crippen LogP contribution in [0.5, 0.6) is 0 Å². The second kappa shape index (κ2) is 10.6. The highest BCUT2D eigenvalue weighted by molar-refractivity contribution is 6.23. The van der Waals surface area contributed by atoms with E-state index in [1.807, 2.05) is 30.7 Å². The van der Waals surface area contributed by atoms with E-state index in [1.54, 1.807) is 18.2 Å². The van der Waals surface area contributed by atoms with Gasteiger partial charge in [0.05, 0.1) is 40.3 Å². The van der Waals surface area contributed by atoms with E-state index in [-0.39, 0.29) is 41.9 Å². The summed E-state index contributed by atoms with van der Waals surface area (Å²) in [4.78, 5) is 55.6. The molecular formula is C34H34FN7O4. The van der Waals surface area contributed by atoms with Crippen LogP contribution in [0.25, 0.3) is 22.2 Å². The topological polar surface area (TPSA) is 131 Å². The molecule has 46 heavy (non-hydrogen) atoms. The number of rotatable bonds is 8. The van der Waals surface area contributed by atoms with Crippen molar-refractivity contribution in [2.75, 3.05) is 11.9 Å². The standard InChI is InChI=1S/C34H34FN7O4/c1-17(2)40-10-9-23-30(37-15-26(35)31(23)40)25-16-41(39-29(25)19-3-4-19)21-11-18(12-21)14-36-20-5-6-22-24(13-20)34(46)42(33(22)45)27-7-8-28(43)38-32(27)44/h5-6,9-10,13,15-19,21,27,36H,3-4,7-8,11-12,14H2,1-2H3,(H,38,43,44)/t18-,21-,27?. The van der Waals surface area contributed by atoms with Crippen molar-refractivity contribution in [1.82, 2.24) is 29.5 Å². The maximum atomic E-state index is 14.9. The van der Waals surface area contributed by atoms with Crippen molar-refractivity contribution in [2.24, 2.45) is 5.92 Å². The lowest BCUT2D eigenvalue weighted by atomic mass is 9.80. The van der Waals surface area contributed by atoms with Gasteiger partial charge in [-0.2, -0.15) is 5.10 Å². The number of nitrogens with zero attached hydrogens (tertiary/aromatic N) is 5. The number of aromatic nitrogens is 4. The average molecular weight is 624 g/mol. The molecule has 1 atom stereocenters. The molecule has 3 aromatic heterocycles. The van der Waals surface area contributed by atoms with Crippen LogP contribution in [0.4, 0.5) is 10.1 Å². The fourth-order valence-electron chi connectivity index (χ4n) is 7.15. The van der Waals surface area contributed by atoms with Crippen LogP contribution in [0.1, 0.15) is 96.8 Å². The predicted octanol–water partition coefficient (Wildman–Crippen LogP) is 4.96. The number of halogens is 1. The smallest absolute Gasteiger partial charge is 0.262 e. The summed E-state index contributed by atoms with van der Waals surface area (Å²) < 4.78 is 18.9. The minimum Gasteiger partial charge on any atom is -0.385 e. The molecular weight excluding hydrogens is 589 g/mol. The van der Waals surface area contributed by atoms with Gasteiger partial charge in [0, 0.05) is 54.0 Å². The van der Waals surface area contributed by atoms with Crippen LogP contribution in [0.3, 0.4) is 0 Å². The number of nitrogens with one attached hydrogen (secondary N) is 2. The maximum Gasteiger partial charge on any atom is 0.262 e. The second-order valence-electron chi connectivity index (χ2n) is 13.3. The zero-order chi connectivity index (χ0) is 31.9. The van der Waals surface area contributed by atoms with Crippen LogP contribution < -0.4 is 10.6 Å². The molecule has 0 bridgehead atoms. The molecule has 12 heteroatoms. The number of imide groups is 2. The van der Waals surface area contributed by atoms with Gasteiger partial charge in [-0.25, -0.2) is 4.39 Å². The summed E-state index contributed by atoms with van der Waals surface area (Å²) >= 11 is 0. The third kappa shape index (κ3) is 4.61. The Morgan fingerprint density at radius 2 is 1.80 bits per heavy atom. The molecule has 4 amide bonds. The summed E-state index contributed by atoms with van der Waals surface area (Å²) in [6.07, 6.45) is 9.60. The van der Waals surface area contributed by atoms with E-state index in [4.69, 9.17) is 5.10 Å². The van der Waals surface area contributed by atoms with E-state index in [9.17, 15) is 23.6 Å². The Hall–Kier alpha value is -4.87. The molecule has 0 radical (unpaired) electrons. The molecule has 4 aliphatic rings. The van der Waals surface area contributed by atoms with Gasteiger partial charge >= 0.3 is 0 Å². The van der Waals surface area contributed by atoms with Gasteiger partial charge in [0.1, 0.15) is 6.04 Å². The Balaban J connectivity index is 0.947. The van der Waals surface area contributed by atoms with Crippen LogP contribution in [0, 0.1) is 11.7 Å². The van der Waals surface area contributed by atoms with Gasteiger partial charge in [-0.3, -0.25) is 39.1 Å². The molecule has 5 heterocycles. The highest BCUT2D eigenvalue weighted by Gasteiger charge is 2.44. The first-order valence-electron chi connectivity index (χ1n) is 16.0. The maximum absolute atomic E-state index is 14.9. The third-order valence-electron chi connectivity index (χ3n) is 9.86. The van der Waals surface area contributed by atoms with Crippen LogP contribution in [0.2, 0.25) is 0 Å². The van der Waals surface area contributed by atoms with Gasteiger partial charge in [0.15, 0.2) is 5.82 Å². The van der Waals surface area contributed by atoms with Crippen LogP contribution >= 0.6 is 0 Å². The molecule has 236 valence electrons. The summed E-state index contributed by atoms with van der Waals surface area (Å²) in [5.41, 5.74) is 4.63. The summed E-state index contributed by atoms with van der Waals surface area (Å²) in [6.45, 7) is 4.77. The minimum atomic E-state index is -0.984. The number of amides is 4. The van der Waals surface area contributed by atoms with E-state index in [0.717, 1.165) is 58.6 Å². The van der Waals surface area contributed by atoms with Gasteiger partial charge < -0.3 is 9.88 Å². The molecule has 8 rings (SSSR count). The van der Waals surface area contributed by atoms with E-state index < -0.39 is 29.7 Å². The monoisotopic (exact) mass is 623 g/mol. The molecule has 2 saturated carbocycles. The zero-order valence-electron chi connectivity index (χ0n) is 25.6. The van der Waals surface area contributed by atoms with Crippen molar-refractivity contribution >= 4 is 40.2 Å². The summed E-state index contributed by atoms with van der Waals surface area (Å²) in [5.74, 6) is -1.57. The number of pyridine rings is 1. The number of benzene rings is 1. The SMILES string of the molecule is CC(C)n1ccc2c(-c3cn([C@H]4C[C@H](CNc5ccc6c(c5)C(=O)N(C5CCC(=O)NC5=O)C6=O)C4)nc3C3CC3)ncc(F)c21. The molecule has 0 spiro atoms. The van der Waals surface area contributed by atoms with Gasteiger partial charge in [-0.1, -0.05) is 0 Å². The molecule has 2 aliphatic heterocycles. The highest BCUT2D eigenvalue weighted by atomic mass is 19.1. The Kier molecular flexibility index (Phi) is 6.59. The van der Waals surface area contributed by atoms with E-state index in [1.165, 1.54) is 6.20 Å². The molecule has 2 N–H and O–H groups in total. The Morgan fingerprint density at radius 3 is 2.54 bits per heavy atom. The highest BCUT2D eigenvalue weighted by Crippen LogP contribution is 2.47. The van der Waals surface area contributed by atoms with Crippen molar-refractivity contribution in [3.05, 3.63) is 65.5 Å². The fourth-order valence-corrected chi connectivity index (χ4v) is 7.15. The normalized spacial score (nSPS) is 22.9. The number of carbonyl (C=O) groups is 4. The number of piperidine rings is 1. The molecule has 2 aliphatic carbocycles. The Labute approximate surface area is 264 Å². The second-order valence-corrected chi connectivity index (χ2v) is 13.3. The van der Waals surface area contributed by atoms with E-state index >= 15 is 0 Å². The van der Waals surface area contributed by atoms with Crippen LogP contribution in [-0.2, 0) is 9.59 Å². The molecule has 11 nitrogen and oxygen atoms in total. The molecule has 1 saturated heterocycles. The molecule has 1 aromatic carbocycles. The van der Waals surface area contributed by atoms with Crippen molar-refractivity contribution in [1.29, 1.82) is 0 Å². The van der Waals surface area contributed by atoms with Crippen molar-refractivity contribution in [3.63, 3.8) is 0 Å². The molecule has 4 aromatic rings.